The molecule has 0 unspecified atom stereocenters. The molecule has 90 heavy (non-hydrogen) atoms. The summed E-state index contributed by atoms with van der Waals surface area (Å²) in [6, 6.07) is 16.4. The Labute approximate surface area is 521 Å². The molecule has 0 aliphatic rings. The first-order chi connectivity index (χ1) is 41.9. The van der Waals surface area contributed by atoms with E-state index in [0.29, 0.717) is 21.9 Å². The first-order valence-corrected chi connectivity index (χ1v) is 28.7. The lowest BCUT2D eigenvalue weighted by molar-refractivity contribution is -0.141. The molecule has 4 aromatic carbocycles. The molecule has 0 spiro atoms. The second-order valence-corrected chi connectivity index (χ2v) is 23.7. The number of methoxy groups -OCH3 is 2. The number of aliphatic hydroxyl groups excluding tert-OH is 1. The van der Waals surface area contributed by atoms with Crippen molar-refractivity contribution in [2.45, 2.75) is 90.3 Å². The van der Waals surface area contributed by atoms with Gasteiger partial charge in [-0.15, -0.1) is 35.1 Å². The number of rotatable bonds is 16. The number of carbonyl (C=O) groups is 3. The van der Waals surface area contributed by atoms with Crippen LogP contribution in [-0.2, 0) is 34.9 Å². The molecule has 0 radical (unpaired) electrons. The third kappa shape index (κ3) is 15.4. The smallest absolute Gasteiger partial charge is 0.433 e. The molecule has 0 bridgehead atoms. The zero-order valence-electron chi connectivity index (χ0n) is 49.0. The molecule has 10 rings (SSSR count). The van der Waals surface area contributed by atoms with E-state index in [2.05, 4.69) is 35.9 Å². The van der Waals surface area contributed by atoms with Crippen LogP contribution in [0.4, 0.5) is 39.9 Å². The molecule has 3 amide bonds. The molecule has 476 valence electrons. The van der Waals surface area contributed by atoms with Gasteiger partial charge in [0.05, 0.1) is 39.1 Å². The van der Waals surface area contributed by atoms with Crippen molar-refractivity contribution < 1.29 is 82.4 Å². The Morgan fingerprint density at radius 2 is 1.06 bits per heavy atom. The summed E-state index contributed by atoms with van der Waals surface area (Å²) in [4.78, 5) is 56.4. The summed E-state index contributed by atoms with van der Waals surface area (Å²) in [5.41, 5.74) is 3.35. The lowest BCUT2D eigenvalue weighted by Gasteiger charge is -2.26. The number of hydrogen-bond acceptors (Lipinski definition) is 17. The summed E-state index contributed by atoms with van der Waals surface area (Å²) < 4.78 is 144. The van der Waals surface area contributed by atoms with E-state index in [0.717, 1.165) is 21.5 Å². The van der Waals surface area contributed by atoms with E-state index in [1.54, 1.807) is 64.4 Å². The fraction of sp³-hybridized carbons (Fsp3) is 0.295. The summed E-state index contributed by atoms with van der Waals surface area (Å²) >= 11 is 2.79. The summed E-state index contributed by atoms with van der Waals surface area (Å²) in [7, 11) is 2.60. The maximum absolute atomic E-state index is 14.0. The van der Waals surface area contributed by atoms with Gasteiger partial charge in [-0.2, -0.15) is 26.3 Å². The van der Waals surface area contributed by atoms with Gasteiger partial charge in [0.25, 0.3) is 11.8 Å². The number of pyridine rings is 2. The molecule has 18 nitrogen and oxygen atoms in total. The number of halogens is 9. The first kappa shape index (κ1) is 67.4. The maximum atomic E-state index is 14.0. The zero-order chi connectivity index (χ0) is 64.5. The maximum Gasteiger partial charge on any atom is 0.433 e. The van der Waals surface area contributed by atoms with Crippen LogP contribution in [0.3, 0.4) is 0 Å². The van der Waals surface area contributed by atoms with E-state index < -0.39 is 83.2 Å². The third-order valence-electron chi connectivity index (χ3n) is 13.2. The Morgan fingerprint density at radius 3 is 1.47 bits per heavy atom. The van der Waals surface area contributed by atoms with Gasteiger partial charge in [-0.25, -0.2) is 33.5 Å². The SMILES string of the molecule is COc1ccc(-c2nc(C(=O)NCc3csc4ccc(F)cc34)c([C@@H](N)CO)o2)c2ccc(C(F)(F)F)nc12.COc1ccc(-c2nc(C(=O)NCc3csc4ccc(F)cc34)c([C@H](COC(C)(C)C)NC(=O)OC(C)(C)C)o2)c2ccc(C(F)(F)F)nc12.Cl. The average molecular weight is 1310 g/mol. The topological polar surface area (TPSA) is 248 Å². The molecular formula is C61H57ClF8N8O10S2. The molecule has 6 heterocycles. The largest absolute Gasteiger partial charge is 0.494 e. The number of fused-ring (bicyclic) bond motifs is 4. The number of benzene rings is 4. The van der Waals surface area contributed by atoms with Crippen molar-refractivity contribution in [2.75, 3.05) is 27.4 Å². The van der Waals surface area contributed by atoms with Crippen LogP contribution in [0, 0.1) is 11.6 Å². The highest BCUT2D eigenvalue weighted by Crippen LogP contribution is 2.41. The normalized spacial score (nSPS) is 12.7. The predicted octanol–water partition coefficient (Wildman–Crippen LogP) is 14.2. The predicted molar refractivity (Wildman–Crippen MR) is 323 cm³/mol. The number of nitrogens with zero attached hydrogens (tertiary/aromatic N) is 4. The van der Waals surface area contributed by atoms with Crippen LogP contribution in [0.25, 0.3) is 64.9 Å². The van der Waals surface area contributed by atoms with Gasteiger partial charge in [0.15, 0.2) is 22.9 Å². The number of oxazole rings is 2. The Balaban J connectivity index is 0.000000236. The number of aromatic nitrogens is 4. The molecule has 0 saturated heterocycles. The number of carbonyl (C=O) groups excluding carboxylic acids is 3. The standard InChI is InChI=1S/C35H36F4N4O6S.C26H20F4N4O4S.ClH/c1-33(2,3)47-16-23(41-32(45)49-34(4,5)6)29-28(30(44)40-15-18-17-50-25-12-8-19(36)14-22(18)25)43-31(48-29)21-9-11-24(46-7)27-20(21)10-13-26(42-27)35(37,38)39;1-37-18-5-3-15(14-4-7-20(26(28,29)30)33-21(14)18)25-34-22(23(38-25)17(31)10-35)24(36)32-9-12-11-39-19-6-2-13(27)8-16(12)19;/h8-14,17,23H,15-16H2,1-7H3,(H,40,44)(H,41,45);2-8,11,17,35H,9-10,31H2,1H3,(H,32,36);1H/t23-;17-;/m00./s1. The number of amides is 3. The van der Waals surface area contributed by atoms with E-state index in [1.807, 2.05) is 0 Å². The first-order valence-electron chi connectivity index (χ1n) is 26.9. The minimum atomic E-state index is -4.72. The van der Waals surface area contributed by atoms with Gasteiger partial charge in [0, 0.05) is 55.2 Å². The van der Waals surface area contributed by atoms with Crippen LogP contribution >= 0.6 is 35.1 Å². The highest BCUT2D eigenvalue weighted by atomic mass is 35.5. The minimum Gasteiger partial charge on any atom is -0.494 e. The van der Waals surface area contributed by atoms with Gasteiger partial charge in [-0.05, 0) is 148 Å². The summed E-state index contributed by atoms with van der Waals surface area (Å²) in [6.07, 6.45) is -10.2. The zero-order valence-corrected chi connectivity index (χ0v) is 51.4. The second kappa shape index (κ2) is 26.9. The fourth-order valence-electron chi connectivity index (χ4n) is 9.06. The molecule has 10 aromatic rings. The van der Waals surface area contributed by atoms with Gasteiger partial charge in [-0.1, -0.05) is 0 Å². The Morgan fingerprint density at radius 1 is 0.611 bits per heavy atom. The van der Waals surface area contributed by atoms with Gasteiger partial charge in [0.1, 0.15) is 57.2 Å². The number of alkyl halides is 6. The van der Waals surface area contributed by atoms with Crippen LogP contribution in [0.5, 0.6) is 11.5 Å². The number of hydrogen-bond donors (Lipinski definition) is 5. The molecule has 6 N–H and O–H groups in total. The number of nitrogens with one attached hydrogen (secondary N) is 3. The Bertz CT molecular complexity index is 4290. The Hall–Kier alpha value is -8.54. The quantitative estimate of drug-likeness (QED) is 0.0564. The lowest BCUT2D eigenvalue weighted by atomic mass is 10.1. The van der Waals surface area contributed by atoms with Crippen molar-refractivity contribution in [1.29, 1.82) is 0 Å². The van der Waals surface area contributed by atoms with Crippen molar-refractivity contribution in [1.82, 2.24) is 35.9 Å². The number of alkyl carbamates (subject to hydrolysis) is 1. The third-order valence-corrected chi connectivity index (χ3v) is 15.2. The van der Waals surface area contributed by atoms with Crippen LogP contribution in [0.15, 0.2) is 105 Å². The number of thiophene rings is 2. The highest BCUT2D eigenvalue weighted by Gasteiger charge is 2.36. The van der Waals surface area contributed by atoms with E-state index >= 15 is 0 Å². The Kier molecular flexibility index (Phi) is 20.1. The minimum absolute atomic E-state index is 0. The molecule has 6 aromatic heterocycles. The van der Waals surface area contributed by atoms with Crippen molar-refractivity contribution in [3.05, 3.63) is 153 Å². The lowest BCUT2D eigenvalue weighted by Crippen LogP contribution is -2.38. The number of nitrogens with two attached hydrogens (primary N) is 1. The van der Waals surface area contributed by atoms with Gasteiger partial charge in [0.2, 0.25) is 11.8 Å². The second-order valence-electron chi connectivity index (χ2n) is 21.9. The van der Waals surface area contributed by atoms with Crippen molar-refractivity contribution in [2.24, 2.45) is 5.73 Å². The van der Waals surface area contributed by atoms with E-state index in [4.69, 9.17) is 33.5 Å². The van der Waals surface area contributed by atoms with Crippen molar-refractivity contribution in [3.8, 4) is 34.4 Å². The molecule has 29 heteroatoms. The van der Waals surface area contributed by atoms with Crippen LogP contribution < -0.4 is 31.2 Å². The van der Waals surface area contributed by atoms with E-state index in [1.165, 1.54) is 97.6 Å². The van der Waals surface area contributed by atoms with E-state index in [-0.39, 0.29) is 111 Å². The van der Waals surface area contributed by atoms with Crippen LogP contribution in [0.1, 0.15) is 109 Å². The molecular weight excluding hydrogens is 1260 g/mol. The summed E-state index contributed by atoms with van der Waals surface area (Å²) in [5.74, 6) is -2.51. The fourth-order valence-corrected chi connectivity index (χ4v) is 10.9. The van der Waals surface area contributed by atoms with Gasteiger partial charge >= 0.3 is 18.4 Å². The van der Waals surface area contributed by atoms with Crippen LogP contribution in [0.2, 0.25) is 0 Å². The average Bonchev–Trinajstić information content (AvgIpc) is 1.42. The van der Waals surface area contributed by atoms with Crippen molar-refractivity contribution in [3.63, 3.8) is 0 Å². The molecule has 0 aliphatic heterocycles. The molecule has 0 aliphatic carbocycles. The summed E-state index contributed by atoms with van der Waals surface area (Å²) in [6.45, 7) is 9.78. The van der Waals surface area contributed by atoms with Crippen LogP contribution in [-0.4, -0.2) is 81.6 Å². The van der Waals surface area contributed by atoms with Gasteiger partial charge in [-0.3, -0.25) is 9.59 Å². The van der Waals surface area contributed by atoms with E-state index in [9.17, 15) is 54.6 Å². The monoisotopic (exact) mass is 1310 g/mol. The molecule has 0 saturated carbocycles. The van der Waals surface area contributed by atoms with Crippen molar-refractivity contribution >= 4 is 95.0 Å². The summed E-state index contributed by atoms with van der Waals surface area (Å²) in [5, 5.41) is 23.2. The molecule has 2 atom stereocenters. The number of ether oxygens (including phenoxy) is 4. The molecule has 0 fully saturated rings. The number of aliphatic hydroxyl groups is 1. The van der Waals surface area contributed by atoms with Gasteiger partial charge < -0.3 is 54.6 Å². The highest BCUT2D eigenvalue weighted by molar-refractivity contribution is 7.17.